The van der Waals surface area contributed by atoms with Gasteiger partial charge in [0, 0.05) is 38.8 Å². The molecule has 2 amide bonds. The highest BCUT2D eigenvalue weighted by atomic mass is 16.2. The highest BCUT2D eigenvalue weighted by Crippen LogP contribution is 2.40. The highest BCUT2D eigenvalue weighted by molar-refractivity contribution is 5.93. The maximum absolute atomic E-state index is 12.5. The SMILES string of the molecule is CCN1CC2(CCC1=O)CCN(C(=O)c1cnc[nH]c1=O)CC2. The van der Waals surface area contributed by atoms with Crippen molar-refractivity contribution in [2.75, 3.05) is 26.2 Å². The molecule has 0 saturated carbocycles. The molecule has 2 fully saturated rings. The second-order valence-electron chi connectivity index (χ2n) is 6.49. The fraction of sp³-hybridized carbons (Fsp3) is 0.625. The normalized spacial score (nSPS) is 20.8. The molecule has 3 heterocycles. The van der Waals surface area contributed by atoms with Crippen molar-refractivity contribution in [2.24, 2.45) is 5.41 Å². The lowest BCUT2D eigenvalue weighted by molar-refractivity contribution is -0.138. The summed E-state index contributed by atoms with van der Waals surface area (Å²) in [6.45, 7) is 4.79. The van der Waals surface area contributed by atoms with Crippen LogP contribution in [0.4, 0.5) is 0 Å². The molecule has 7 nitrogen and oxygen atoms in total. The molecular formula is C16H22N4O3. The number of piperidine rings is 2. The average Bonchev–Trinajstić information content (AvgIpc) is 2.58. The molecule has 2 aliphatic heterocycles. The number of aromatic amines is 1. The van der Waals surface area contributed by atoms with Crippen molar-refractivity contribution in [3.63, 3.8) is 0 Å². The van der Waals surface area contributed by atoms with Crippen LogP contribution in [0.2, 0.25) is 0 Å². The zero-order valence-electron chi connectivity index (χ0n) is 13.4. The van der Waals surface area contributed by atoms with Crippen LogP contribution >= 0.6 is 0 Å². The molecule has 0 aromatic carbocycles. The fourth-order valence-electron chi connectivity index (χ4n) is 3.65. The van der Waals surface area contributed by atoms with Crippen LogP contribution in [0.25, 0.3) is 0 Å². The third-order valence-corrected chi connectivity index (χ3v) is 5.19. The van der Waals surface area contributed by atoms with Gasteiger partial charge in [-0.05, 0) is 31.6 Å². The molecule has 7 heteroatoms. The smallest absolute Gasteiger partial charge is 0.263 e. The van der Waals surface area contributed by atoms with Gasteiger partial charge in [-0.2, -0.15) is 0 Å². The summed E-state index contributed by atoms with van der Waals surface area (Å²) in [5, 5.41) is 0. The van der Waals surface area contributed by atoms with Gasteiger partial charge >= 0.3 is 0 Å². The van der Waals surface area contributed by atoms with Crippen molar-refractivity contribution < 1.29 is 9.59 Å². The average molecular weight is 318 g/mol. The second kappa shape index (κ2) is 6.14. The van der Waals surface area contributed by atoms with Crippen LogP contribution in [0.15, 0.2) is 17.3 Å². The molecule has 0 bridgehead atoms. The molecule has 1 N–H and O–H groups in total. The van der Waals surface area contributed by atoms with Gasteiger partial charge in [0.2, 0.25) is 5.91 Å². The Kier molecular flexibility index (Phi) is 4.19. The van der Waals surface area contributed by atoms with E-state index in [1.807, 2.05) is 11.8 Å². The maximum Gasteiger partial charge on any atom is 0.263 e. The first-order chi connectivity index (χ1) is 11.0. The summed E-state index contributed by atoms with van der Waals surface area (Å²) < 4.78 is 0. The molecule has 0 radical (unpaired) electrons. The molecule has 0 unspecified atom stereocenters. The number of hydrogen-bond donors (Lipinski definition) is 1. The Morgan fingerprint density at radius 1 is 1.30 bits per heavy atom. The van der Waals surface area contributed by atoms with Gasteiger partial charge < -0.3 is 14.8 Å². The number of nitrogens with one attached hydrogen (secondary N) is 1. The van der Waals surface area contributed by atoms with Crippen LogP contribution in [0.1, 0.15) is 43.0 Å². The number of hydrogen-bond acceptors (Lipinski definition) is 4. The van der Waals surface area contributed by atoms with Crippen molar-refractivity contribution in [3.05, 3.63) is 28.4 Å². The summed E-state index contributed by atoms with van der Waals surface area (Å²) in [5.41, 5.74) is -0.176. The number of amides is 2. The minimum atomic E-state index is -0.397. The van der Waals surface area contributed by atoms with Gasteiger partial charge in [-0.3, -0.25) is 14.4 Å². The summed E-state index contributed by atoms with van der Waals surface area (Å²) >= 11 is 0. The zero-order valence-corrected chi connectivity index (χ0v) is 13.4. The molecule has 1 aromatic heterocycles. The van der Waals surface area contributed by atoms with Gasteiger partial charge in [-0.1, -0.05) is 0 Å². The van der Waals surface area contributed by atoms with E-state index in [0.29, 0.717) is 19.5 Å². The summed E-state index contributed by atoms with van der Waals surface area (Å²) in [5.74, 6) is -0.0213. The van der Waals surface area contributed by atoms with E-state index in [-0.39, 0.29) is 22.8 Å². The Labute approximate surface area is 134 Å². The molecule has 0 aliphatic carbocycles. The summed E-state index contributed by atoms with van der Waals surface area (Å²) in [6, 6.07) is 0. The van der Waals surface area contributed by atoms with Gasteiger partial charge in [0.25, 0.3) is 11.5 Å². The van der Waals surface area contributed by atoms with E-state index in [9.17, 15) is 14.4 Å². The Bertz CT molecular complexity index is 661. The van der Waals surface area contributed by atoms with Crippen LogP contribution < -0.4 is 5.56 Å². The lowest BCUT2D eigenvalue weighted by Gasteiger charge is -2.47. The Morgan fingerprint density at radius 3 is 2.70 bits per heavy atom. The van der Waals surface area contributed by atoms with Gasteiger partial charge in [0.15, 0.2) is 0 Å². The third-order valence-electron chi connectivity index (χ3n) is 5.19. The first-order valence-corrected chi connectivity index (χ1v) is 8.14. The number of carbonyl (C=O) groups excluding carboxylic acids is 2. The van der Waals surface area contributed by atoms with Crippen molar-refractivity contribution in [1.29, 1.82) is 0 Å². The maximum atomic E-state index is 12.5. The van der Waals surface area contributed by atoms with E-state index >= 15 is 0 Å². The van der Waals surface area contributed by atoms with Gasteiger partial charge in [0.1, 0.15) is 5.56 Å². The zero-order chi connectivity index (χ0) is 16.4. The predicted octanol–water partition coefficient (Wildman–Crippen LogP) is 0.635. The highest BCUT2D eigenvalue weighted by Gasteiger charge is 2.41. The molecule has 0 atom stereocenters. The molecular weight excluding hydrogens is 296 g/mol. The number of carbonyl (C=O) groups is 2. The first-order valence-electron chi connectivity index (χ1n) is 8.14. The second-order valence-corrected chi connectivity index (χ2v) is 6.49. The quantitative estimate of drug-likeness (QED) is 0.867. The van der Waals surface area contributed by atoms with Crippen LogP contribution in [0.5, 0.6) is 0 Å². The Balaban J connectivity index is 1.67. The lowest BCUT2D eigenvalue weighted by Crippen LogP contribution is -2.52. The minimum Gasteiger partial charge on any atom is -0.342 e. The molecule has 124 valence electrons. The Hall–Kier alpha value is -2.18. The number of likely N-dealkylation sites (tertiary alicyclic amines) is 2. The monoisotopic (exact) mass is 318 g/mol. The van der Waals surface area contributed by atoms with Gasteiger partial charge in [-0.15, -0.1) is 0 Å². The van der Waals surface area contributed by atoms with E-state index in [1.54, 1.807) is 4.90 Å². The van der Waals surface area contributed by atoms with Crippen LogP contribution in [0.3, 0.4) is 0 Å². The standard InChI is InChI=1S/C16H22N4O3/c1-2-19-10-16(4-3-13(19)21)5-7-20(8-6-16)15(23)12-9-17-11-18-14(12)22/h9,11H,2-8,10H2,1H3,(H,17,18,22). The van der Waals surface area contributed by atoms with Crippen molar-refractivity contribution in [2.45, 2.75) is 32.6 Å². The van der Waals surface area contributed by atoms with Crippen LogP contribution in [-0.2, 0) is 4.79 Å². The minimum absolute atomic E-state index is 0.0949. The van der Waals surface area contributed by atoms with Gasteiger partial charge in [0.05, 0.1) is 6.33 Å². The van der Waals surface area contributed by atoms with Gasteiger partial charge in [-0.25, -0.2) is 4.98 Å². The molecule has 23 heavy (non-hydrogen) atoms. The number of aromatic nitrogens is 2. The summed E-state index contributed by atoms with van der Waals surface area (Å²) in [6.07, 6.45) is 5.86. The molecule has 1 spiro atoms. The molecule has 3 rings (SSSR count). The number of rotatable bonds is 2. The molecule has 1 aromatic rings. The molecule has 2 aliphatic rings. The summed E-state index contributed by atoms with van der Waals surface area (Å²) in [4.78, 5) is 46.0. The fourth-order valence-corrected chi connectivity index (χ4v) is 3.65. The third kappa shape index (κ3) is 3.00. The summed E-state index contributed by atoms with van der Waals surface area (Å²) in [7, 11) is 0. The van der Waals surface area contributed by atoms with Crippen molar-refractivity contribution in [3.8, 4) is 0 Å². The van der Waals surface area contributed by atoms with E-state index in [1.165, 1.54) is 12.5 Å². The van der Waals surface area contributed by atoms with Crippen LogP contribution in [0, 0.1) is 5.41 Å². The number of nitrogens with zero attached hydrogens (tertiary/aromatic N) is 3. The van der Waals surface area contributed by atoms with Crippen LogP contribution in [-0.4, -0.2) is 57.8 Å². The van der Waals surface area contributed by atoms with E-state index < -0.39 is 5.56 Å². The van der Waals surface area contributed by atoms with E-state index in [4.69, 9.17) is 0 Å². The van der Waals surface area contributed by atoms with E-state index in [2.05, 4.69) is 9.97 Å². The Morgan fingerprint density at radius 2 is 2.04 bits per heavy atom. The predicted molar refractivity (Wildman–Crippen MR) is 83.9 cm³/mol. The first kappa shape index (κ1) is 15.7. The lowest BCUT2D eigenvalue weighted by atomic mass is 9.72. The topological polar surface area (TPSA) is 86.4 Å². The largest absolute Gasteiger partial charge is 0.342 e. The van der Waals surface area contributed by atoms with Crippen molar-refractivity contribution >= 4 is 11.8 Å². The number of H-pyrrole nitrogens is 1. The molecule has 2 saturated heterocycles. The van der Waals surface area contributed by atoms with Crippen molar-refractivity contribution in [1.82, 2.24) is 19.8 Å². The van der Waals surface area contributed by atoms with E-state index in [0.717, 1.165) is 32.4 Å².